The number of primary amides is 1. The van der Waals surface area contributed by atoms with Gasteiger partial charge in [-0.1, -0.05) is 24.3 Å². The number of nitrogens with one attached hydrogen (secondary N) is 1. The van der Waals surface area contributed by atoms with Crippen molar-refractivity contribution in [3.05, 3.63) is 54.1 Å². The molecule has 28 heavy (non-hydrogen) atoms. The van der Waals surface area contributed by atoms with Crippen molar-refractivity contribution in [2.24, 2.45) is 5.73 Å². The van der Waals surface area contributed by atoms with Gasteiger partial charge in [-0.15, -0.1) is 0 Å². The second-order valence-electron chi connectivity index (χ2n) is 6.64. The third-order valence-corrected chi connectivity index (χ3v) is 4.71. The number of rotatable bonds is 8. The van der Waals surface area contributed by atoms with Crippen molar-refractivity contribution in [1.82, 2.24) is 5.32 Å². The van der Waals surface area contributed by atoms with Gasteiger partial charge in [-0.05, 0) is 42.7 Å². The van der Waals surface area contributed by atoms with Gasteiger partial charge in [0.05, 0.1) is 7.11 Å². The van der Waals surface area contributed by atoms with Gasteiger partial charge in [0.25, 0.3) is 5.91 Å². The van der Waals surface area contributed by atoms with Crippen LogP contribution in [0.2, 0.25) is 0 Å². The van der Waals surface area contributed by atoms with Crippen molar-refractivity contribution >= 4 is 17.5 Å². The number of nitrogens with two attached hydrogens (primary N) is 1. The molecule has 0 spiro atoms. The third-order valence-electron chi connectivity index (χ3n) is 4.71. The number of ether oxygens (including phenoxy) is 2. The van der Waals surface area contributed by atoms with Crippen LogP contribution in [0.4, 0.5) is 5.69 Å². The van der Waals surface area contributed by atoms with Crippen molar-refractivity contribution in [3.8, 4) is 11.5 Å². The van der Waals surface area contributed by atoms with Gasteiger partial charge < -0.3 is 25.4 Å². The average Bonchev–Trinajstić information content (AvgIpc) is 3.21. The fourth-order valence-electron chi connectivity index (χ4n) is 3.36. The molecule has 2 aromatic carbocycles. The highest BCUT2D eigenvalue weighted by Crippen LogP contribution is 2.28. The molecule has 0 radical (unpaired) electrons. The number of para-hydroxylation sites is 1. The summed E-state index contributed by atoms with van der Waals surface area (Å²) in [5.41, 5.74) is 7.04. The average molecular weight is 383 g/mol. The summed E-state index contributed by atoms with van der Waals surface area (Å²) in [5.74, 6) is 0.370. The summed E-state index contributed by atoms with van der Waals surface area (Å²) in [7, 11) is 1.52. The summed E-state index contributed by atoms with van der Waals surface area (Å²) in [4.78, 5) is 25.8. The lowest BCUT2D eigenvalue weighted by atomic mass is 10.1. The minimum atomic E-state index is -0.557. The van der Waals surface area contributed by atoms with Gasteiger partial charge in [0, 0.05) is 18.8 Å². The second-order valence-corrected chi connectivity index (χ2v) is 6.64. The van der Waals surface area contributed by atoms with E-state index in [2.05, 4.69) is 10.2 Å². The maximum absolute atomic E-state index is 12.7. The van der Waals surface area contributed by atoms with Crippen molar-refractivity contribution in [2.75, 3.05) is 25.2 Å². The topological polar surface area (TPSA) is 93.9 Å². The van der Waals surface area contributed by atoms with Gasteiger partial charge in [-0.25, -0.2) is 0 Å². The predicted octanol–water partition coefficient (Wildman–Crippen LogP) is 1.84. The first kappa shape index (κ1) is 19.5. The summed E-state index contributed by atoms with van der Waals surface area (Å²) in [5, 5.41) is 3.01. The molecule has 3 rings (SSSR count). The van der Waals surface area contributed by atoms with E-state index in [0.717, 1.165) is 30.6 Å². The van der Waals surface area contributed by atoms with E-state index in [-0.39, 0.29) is 18.6 Å². The number of hydrogen-bond acceptors (Lipinski definition) is 5. The van der Waals surface area contributed by atoms with Crippen molar-refractivity contribution < 1.29 is 19.1 Å². The van der Waals surface area contributed by atoms with E-state index in [0.29, 0.717) is 18.0 Å². The van der Waals surface area contributed by atoms with Crippen LogP contribution in [0.3, 0.4) is 0 Å². The van der Waals surface area contributed by atoms with Crippen LogP contribution in [0, 0.1) is 0 Å². The Balaban J connectivity index is 1.61. The third kappa shape index (κ3) is 4.73. The first-order valence-electron chi connectivity index (χ1n) is 9.26. The smallest absolute Gasteiger partial charge is 0.255 e. The number of anilines is 1. The molecule has 0 saturated carbocycles. The van der Waals surface area contributed by atoms with Gasteiger partial charge in [0.1, 0.15) is 6.04 Å². The molecule has 7 heteroatoms. The zero-order valence-electron chi connectivity index (χ0n) is 15.9. The van der Waals surface area contributed by atoms with Crippen LogP contribution in [0.15, 0.2) is 48.5 Å². The Morgan fingerprint density at radius 1 is 1.18 bits per heavy atom. The van der Waals surface area contributed by atoms with Gasteiger partial charge in [0.2, 0.25) is 5.91 Å². The lowest BCUT2D eigenvalue weighted by Crippen LogP contribution is -2.43. The molecule has 3 N–H and O–H groups in total. The van der Waals surface area contributed by atoms with Crippen molar-refractivity contribution in [1.29, 1.82) is 0 Å². The number of nitrogens with zero attached hydrogens (tertiary/aromatic N) is 1. The number of hydrogen-bond donors (Lipinski definition) is 2. The molecule has 0 unspecified atom stereocenters. The maximum Gasteiger partial charge on any atom is 0.255 e. The Labute approximate surface area is 164 Å². The molecule has 1 fully saturated rings. The molecule has 1 aliphatic rings. The number of amides is 2. The number of methoxy groups -OCH3 is 1. The number of carbonyl (C=O) groups excluding carboxylic acids is 2. The number of carbonyl (C=O) groups is 2. The van der Waals surface area contributed by atoms with E-state index in [4.69, 9.17) is 15.2 Å². The van der Waals surface area contributed by atoms with Gasteiger partial charge in [-0.3, -0.25) is 9.59 Å². The minimum Gasteiger partial charge on any atom is -0.493 e. The van der Waals surface area contributed by atoms with E-state index in [1.807, 2.05) is 36.4 Å². The quantitative estimate of drug-likeness (QED) is 0.726. The zero-order valence-corrected chi connectivity index (χ0v) is 15.9. The highest BCUT2D eigenvalue weighted by Gasteiger charge is 2.30. The molecule has 0 aliphatic carbocycles. The van der Waals surface area contributed by atoms with Crippen LogP contribution in [-0.2, 0) is 16.1 Å². The largest absolute Gasteiger partial charge is 0.493 e. The van der Waals surface area contributed by atoms with Crippen LogP contribution in [0.25, 0.3) is 0 Å². The van der Waals surface area contributed by atoms with Crippen LogP contribution >= 0.6 is 0 Å². The van der Waals surface area contributed by atoms with E-state index < -0.39 is 5.91 Å². The first-order chi connectivity index (χ1) is 13.6. The Morgan fingerprint density at radius 2 is 1.96 bits per heavy atom. The van der Waals surface area contributed by atoms with Crippen LogP contribution in [-0.4, -0.2) is 38.1 Å². The summed E-state index contributed by atoms with van der Waals surface area (Å²) in [6.45, 7) is 1.04. The fraction of sp³-hybridized carbons (Fsp3) is 0.333. The summed E-state index contributed by atoms with van der Waals surface area (Å²) in [6.07, 6.45) is 1.83. The molecule has 0 aromatic heterocycles. The SMILES string of the molecule is COc1cc(CNC(=O)[C@@H]2CCCN2c2ccccc2)ccc1OCC(N)=O. The standard InChI is InChI=1S/C21H25N3O4/c1-27-19-12-15(9-10-18(19)28-14-20(22)25)13-23-21(26)17-8-5-11-24(17)16-6-3-2-4-7-16/h2-4,6-7,9-10,12,17H,5,8,11,13-14H2,1H3,(H2,22,25)(H,23,26)/t17-/m0/s1. The van der Waals surface area contributed by atoms with Crippen molar-refractivity contribution in [3.63, 3.8) is 0 Å². The van der Waals surface area contributed by atoms with Gasteiger partial charge in [-0.2, -0.15) is 0 Å². The molecule has 7 nitrogen and oxygen atoms in total. The monoisotopic (exact) mass is 383 g/mol. The fourth-order valence-corrected chi connectivity index (χ4v) is 3.36. The zero-order chi connectivity index (χ0) is 19.9. The summed E-state index contributed by atoms with van der Waals surface area (Å²) >= 11 is 0. The highest BCUT2D eigenvalue weighted by atomic mass is 16.5. The molecule has 1 saturated heterocycles. The van der Waals surface area contributed by atoms with Crippen LogP contribution in [0.5, 0.6) is 11.5 Å². The highest BCUT2D eigenvalue weighted by molar-refractivity contribution is 5.85. The Hall–Kier alpha value is -3.22. The molecule has 1 heterocycles. The minimum absolute atomic E-state index is 0.00868. The molecular weight excluding hydrogens is 358 g/mol. The molecule has 0 bridgehead atoms. The van der Waals surface area contributed by atoms with E-state index in [1.165, 1.54) is 7.11 Å². The Kier molecular flexibility index (Phi) is 6.37. The molecule has 2 aromatic rings. The Morgan fingerprint density at radius 3 is 2.68 bits per heavy atom. The van der Waals surface area contributed by atoms with Crippen LogP contribution < -0.4 is 25.4 Å². The maximum atomic E-state index is 12.7. The predicted molar refractivity (Wildman–Crippen MR) is 106 cm³/mol. The molecule has 148 valence electrons. The lowest BCUT2D eigenvalue weighted by Gasteiger charge is -2.26. The first-order valence-corrected chi connectivity index (χ1v) is 9.26. The van der Waals surface area contributed by atoms with Gasteiger partial charge in [0.15, 0.2) is 18.1 Å². The van der Waals surface area contributed by atoms with E-state index >= 15 is 0 Å². The Bertz CT molecular complexity index is 826. The lowest BCUT2D eigenvalue weighted by molar-refractivity contribution is -0.122. The molecular formula is C21H25N3O4. The van der Waals surface area contributed by atoms with Gasteiger partial charge >= 0.3 is 0 Å². The summed E-state index contributed by atoms with van der Waals surface area (Å²) in [6, 6.07) is 15.1. The molecule has 2 amide bonds. The number of benzene rings is 2. The molecule has 1 atom stereocenters. The normalized spacial score (nSPS) is 15.9. The van der Waals surface area contributed by atoms with Crippen LogP contribution in [0.1, 0.15) is 18.4 Å². The van der Waals surface area contributed by atoms with E-state index in [9.17, 15) is 9.59 Å². The second kappa shape index (κ2) is 9.12. The molecule has 1 aliphatic heterocycles. The van der Waals surface area contributed by atoms with E-state index in [1.54, 1.807) is 12.1 Å². The van der Waals surface area contributed by atoms with Crippen molar-refractivity contribution in [2.45, 2.75) is 25.4 Å². The summed E-state index contributed by atoms with van der Waals surface area (Å²) < 4.78 is 10.6.